The number of hydrogen-bond acceptors (Lipinski definition) is 3. The highest BCUT2D eigenvalue weighted by molar-refractivity contribution is 7.89. The lowest BCUT2D eigenvalue weighted by atomic mass is 10.0. The Bertz CT molecular complexity index is 629. The van der Waals surface area contributed by atoms with Crippen molar-refractivity contribution in [3.63, 3.8) is 0 Å². The summed E-state index contributed by atoms with van der Waals surface area (Å²) < 4.78 is 26.8. The summed E-state index contributed by atoms with van der Waals surface area (Å²) in [5.74, 6) is -0.483. The molecule has 2 unspecified atom stereocenters. The average molecular weight is 297 g/mol. The van der Waals surface area contributed by atoms with Crippen molar-refractivity contribution in [2.75, 3.05) is 13.1 Å². The van der Waals surface area contributed by atoms with Crippen LogP contribution < -0.4 is 0 Å². The van der Waals surface area contributed by atoms with Gasteiger partial charge >= 0.3 is 5.97 Å². The SMILES string of the molecule is Cc1c(C(=O)O)cccc1S(=O)(=O)N1CC(C)C(C)C1. The van der Waals surface area contributed by atoms with Crippen molar-refractivity contribution in [2.24, 2.45) is 11.8 Å². The van der Waals surface area contributed by atoms with Gasteiger partial charge in [-0.05, 0) is 36.5 Å². The van der Waals surface area contributed by atoms with Crippen molar-refractivity contribution in [1.29, 1.82) is 0 Å². The van der Waals surface area contributed by atoms with Gasteiger partial charge in [0.25, 0.3) is 0 Å². The number of carboxylic acids is 1. The molecule has 0 bridgehead atoms. The molecule has 1 N–H and O–H groups in total. The zero-order valence-electron chi connectivity index (χ0n) is 11.8. The molecule has 5 nitrogen and oxygen atoms in total. The first-order chi connectivity index (χ1) is 9.25. The molecule has 0 radical (unpaired) electrons. The van der Waals surface area contributed by atoms with Gasteiger partial charge in [-0.1, -0.05) is 19.9 Å². The Balaban J connectivity index is 2.46. The third-order valence-electron chi connectivity index (χ3n) is 4.09. The van der Waals surface area contributed by atoms with Crippen LogP contribution in [0.3, 0.4) is 0 Å². The highest BCUT2D eigenvalue weighted by atomic mass is 32.2. The summed E-state index contributed by atoms with van der Waals surface area (Å²) in [6.07, 6.45) is 0. The van der Waals surface area contributed by atoms with Gasteiger partial charge in [0.1, 0.15) is 0 Å². The topological polar surface area (TPSA) is 74.7 Å². The van der Waals surface area contributed by atoms with E-state index in [2.05, 4.69) is 0 Å². The van der Waals surface area contributed by atoms with Crippen LogP contribution >= 0.6 is 0 Å². The van der Waals surface area contributed by atoms with Crippen LogP contribution in [0.5, 0.6) is 0 Å². The molecule has 0 saturated carbocycles. The van der Waals surface area contributed by atoms with E-state index >= 15 is 0 Å². The Morgan fingerprint density at radius 1 is 1.25 bits per heavy atom. The van der Waals surface area contributed by atoms with Gasteiger partial charge in [-0.25, -0.2) is 13.2 Å². The maximum Gasteiger partial charge on any atom is 0.335 e. The maximum atomic E-state index is 12.7. The first-order valence-corrected chi connectivity index (χ1v) is 8.02. The van der Waals surface area contributed by atoms with Gasteiger partial charge in [-0.2, -0.15) is 4.31 Å². The van der Waals surface area contributed by atoms with Crippen LogP contribution in [0.15, 0.2) is 23.1 Å². The summed E-state index contributed by atoms with van der Waals surface area (Å²) in [5, 5.41) is 9.10. The quantitative estimate of drug-likeness (QED) is 0.925. The van der Waals surface area contributed by atoms with Crippen LogP contribution in [0.4, 0.5) is 0 Å². The summed E-state index contributed by atoms with van der Waals surface area (Å²) in [6, 6.07) is 4.38. The standard InChI is InChI=1S/C14H19NO4S/c1-9-7-15(8-10(9)2)20(18,19)13-6-4-5-12(11(13)3)14(16)17/h4-6,9-10H,7-8H2,1-3H3,(H,16,17). The summed E-state index contributed by atoms with van der Waals surface area (Å²) in [7, 11) is -3.62. The Kier molecular flexibility index (Phi) is 3.88. The first-order valence-electron chi connectivity index (χ1n) is 6.58. The Hall–Kier alpha value is -1.40. The molecule has 0 aliphatic carbocycles. The molecule has 20 heavy (non-hydrogen) atoms. The second-order valence-electron chi connectivity index (χ2n) is 5.51. The van der Waals surface area contributed by atoms with Crippen molar-refractivity contribution in [2.45, 2.75) is 25.7 Å². The smallest absolute Gasteiger partial charge is 0.335 e. The van der Waals surface area contributed by atoms with Crippen LogP contribution in [0.25, 0.3) is 0 Å². The summed E-state index contributed by atoms with van der Waals surface area (Å²) in [4.78, 5) is 11.2. The van der Waals surface area contributed by atoms with Gasteiger partial charge < -0.3 is 5.11 Å². The normalized spacial score (nSPS) is 23.9. The molecule has 2 atom stereocenters. The number of rotatable bonds is 3. The lowest BCUT2D eigenvalue weighted by Gasteiger charge is -2.18. The van der Waals surface area contributed by atoms with E-state index in [1.165, 1.54) is 22.5 Å². The Morgan fingerprint density at radius 3 is 2.30 bits per heavy atom. The van der Waals surface area contributed by atoms with Crippen molar-refractivity contribution < 1.29 is 18.3 Å². The molecule has 0 spiro atoms. The zero-order chi connectivity index (χ0) is 15.1. The van der Waals surface area contributed by atoms with E-state index in [-0.39, 0.29) is 10.5 Å². The third kappa shape index (κ3) is 2.45. The fourth-order valence-electron chi connectivity index (χ4n) is 2.54. The van der Waals surface area contributed by atoms with Gasteiger partial charge in [-0.3, -0.25) is 0 Å². The number of carbonyl (C=O) groups is 1. The summed E-state index contributed by atoms with van der Waals surface area (Å²) >= 11 is 0. The molecule has 1 aromatic carbocycles. The Morgan fingerprint density at radius 2 is 1.80 bits per heavy atom. The molecular weight excluding hydrogens is 278 g/mol. The van der Waals surface area contributed by atoms with E-state index in [0.717, 1.165) is 0 Å². The fourth-order valence-corrected chi connectivity index (χ4v) is 4.43. The van der Waals surface area contributed by atoms with Crippen LogP contribution in [-0.2, 0) is 10.0 Å². The van der Waals surface area contributed by atoms with E-state index in [1.807, 2.05) is 13.8 Å². The van der Waals surface area contributed by atoms with E-state index in [4.69, 9.17) is 5.11 Å². The number of aromatic carboxylic acids is 1. The largest absolute Gasteiger partial charge is 0.478 e. The van der Waals surface area contributed by atoms with E-state index in [9.17, 15) is 13.2 Å². The van der Waals surface area contributed by atoms with E-state index in [1.54, 1.807) is 6.92 Å². The second-order valence-corrected chi connectivity index (χ2v) is 7.42. The number of benzene rings is 1. The predicted octanol–water partition coefficient (Wildman–Crippen LogP) is 1.97. The average Bonchev–Trinajstić information content (AvgIpc) is 2.70. The molecule has 6 heteroatoms. The minimum atomic E-state index is -3.62. The monoisotopic (exact) mass is 297 g/mol. The highest BCUT2D eigenvalue weighted by Gasteiger charge is 2.36. The van der Waals surface area contributed by atoms with Crippen molar-refractivity contribution >= 4 is 16.0 Å². The summed E-state index contributed by atoms with van der Waals surface area (Å²) in [5.41, 5.74) is 0.332. The van der Waals surface area contributed by atoms with Crippen LogP contribution in [0.2, 0.25) is 0 Å². The molecule has 1 aliphatic rings. The fraction of sp³-hybridized carbons (Fsp3) is 0.500. The molecular formula is C14H19NO4S. The molecule has 1 aliphatic heterocycles. The van der Waals surface area contributed by atoms with Crippen LogP contribution in [-0.4, -0.2) is 36.9 Å². The lowest BCUT2D eigenvalue weighted by Crippen LogP contribution is -2.30. The van der Waals surface area contributed by atoms with Gasteiger partial charge in [0, 0.05) is 13.1 Å². The van der Waals surface area contributed by atoms with Crippen LogP contribution in [0, 0.1) is 18.8 Å². The second kappa shape index (κ2) is 5.18. The van der Waals surface area contributed by atoms with E-state index in [0.29, 0.717) is 30.5 Å². The van der Waals surface area contributed by atoms with Gasteiger partial charge in [0.15, 0.2) is 0 Å². The van der Waals surface area contributed by atoms with Crippen molar-refractivity contribution in [1.82, 2.24) is 4.31 Å². The molecule has 1 fully saturated rings. The van der Waals surface area contributed by atoms with Gasteiger partial charge in [-0.15, -0.1) is 0 Å². The molecule has 110 valence electrons. The maximum absolute atomic E-state index is 12.7. The van der Waals surface area contributed by atoms with Gasteiger partial charge in [0.2, 0.25) is 10.0 Å². The number of sulfonamides is 1. The molecule has 1 heterocycles. The van der Waals surface area contributed by atoms with Crippen molar-refractivity contribution in [3.05, 3.63) is 29.3 Å². The summed E-state index contributed by atoms with van der Waals surface area (Å²) in [6.45, 7) is 6.57. The minimum absolute atomic E-state index is 0.0337. The molecule has 2 rings (SSSR count). The van der Waals surface area contributed by atoms with Gasteiger partial charge in [0.05, 0.1) is 10.5 Å². The lowest BCUT2D eigenvalue weighted by molar-refractivity contribution is 0.0696. The highest BCUT2D eigenvalue weighted by Crippen LogP contribution is 2.30. The molecule has 0 amide bonds. The van der Waals surface area contributed by atoms with Crippen molar-refractivity contribution in [3.8, 4) is 0 Å². The van der Waals surface area contributed by atoms with E-state index < -0.39 is 16.0 Å². The first kappa shape index (κ1) is 15.0. The third-order valence-corrected chi connectivity index (χ3v) is 6.06. The Labute approximate surface area is 119 Å². The van der Waals surface area contributed by atoms with Crippen LogP contribution in [0.1, 0.15) is 29.8 Å². The predicted molar refractivity (Wildman–Crippen MR) is 75.2 cm³/mol. The number of nitrogens with zero attached hydrogens (tertiary/aromatic N) is 1. The zero-order valence-corrected chi connectivity index (χ0v) is 12.6. The molecule has 0 aromatic heterocycles. The number of carboxylic acid groups (broad SMARTS) is 1. The molecule has 1 aromatic rings. The molecule has 1 saturated heterocycles. The minimum Gasteiger partial charge on any atom is -0.478 e. The number of hydrogen-bond donors (Lipinski definition) is 1.